The molecule has 0 saturated carbocycles. The van der Waals surface area contributed by atoms with Gasteiger partial charge in [0.25, 0.3) is 5.91 Å². The fourth-order valence-electron chi connectivity index (χ4n) is 2.82. The first-order valence-corrected chi connectivity index (χ1v) is 9.06. The van der Waals surface area contributed by atoms with Gasteiger partial charge in [0.2, 0.25) is 0 Å². The minimum Gasteiger partial charge on any atom is -0.491 e. The van der Waals surface area contributed by atoms with Crippen molar-refractivity contribution in [3.8, 4) is 11.4 Å². The van der Waals surface area contributed by atoms with Gasteiger partial charge in [-0.25, -0.2) is 9.48 Å². The number of carbonyl (C=O) groups is 2. The molecule has 0 bridgehead atoms. The van der Waals surface area contributed by atoms with Gasteiger partial charge in [0, 0.05) is 0 Å². The molecule has 0 aliphatic rings. The summed E-state index contributed by atoms with van der Waals surface area (Å²) in [7, 11) is 0. The van der Waals surface area contributed by atoms with Crippen LogP contribution < -0.4 is 10.1 Å². The highest BCUT2D eigenvalue weighted by molar-refractivity contribution is 5.93. The van der Waals surface area contributed by atoms with E-state index >= 15 is 0 Å². The van der Waals surface area contributed by atoms with Crippen LogP contribution in [0.3, 0.4) is 0 Å². The number of aromatic nitrogens is 3. The Morgan fingerprint density at radius 2 is 1.93 bits per heavy atom. The summed E-state index contributed by atoms with van der Waals surface area (Å²) in [6.45, 7) is 7.25. The molecular weight excluding hydrogens is 376 g/mol. The number of rotatable bonds is 7. The summed E-state index contributed by atoms with van der Waals surface area (Å²) < 4.78 is 12.5. The van der Waals surface area contributed by atoms with Gasteiger partial charge in [0.05, 0.1) is 24.0 Å². The number of hydrogen-bond donors (Lipinski definition) is 2. The lowest BCUT2D eigenvalue weighted by Gasteiger charge is -2.10. The number of nitrogens with one attached hydrogen (secondary N) is 1. The van der Waals surface area contributed by atoms with Crippen LogP contribution in [0.25, 0.3) is 5.69 Å². The van der Waals surface area contributed by atoms with E-state index in [1.807, 2.05) is 38.1 Å². The van der Waals surface area contributed by atoms with E-state index in [2.05, 4.69) is 15.6 Å². The molecule has 0 aliphatic carbocycles. The molecule has 0 radical (unpaired) electrons. The monoisotopic (exact) mass is 398 g/mol. The second kappa shape index (κ2) is 8.17. The first-order valence-electron chi connectivity index (χ1n) is 9.06. The van der Waals surface area contributed by atoms with Crippen LogP contribution in [0.1, 0.15) is 51.9 Å². The van der Waals surface area contributed by atoms with Crippen molar-refractivity contribution >= 4 is 11.9 Å². The number of hydrogen-bond acceptors (Lipinski definition) is 6. The smallest absolute Gasteiger partial charge is 0.339 e. The van der Waals surface area contributed by atoms with Gasteiger partial charge in [-0.15, -0.1) is 5.10 Å². The molecule has 0 atom stereocenters. The topological polar surface area (TPSA) is 119 Å². The highest BCUT2D eigenvalue weighted by atomic mass is 16.5. The van der Waals surface area contributed by atoms with Crippen LogP contribution in [0.5, 0.6) is 5.75 Å². The molecule has 1 aromatic carbocycles. The van der Waals surface area contributed by atoms with Crippen molar-refractivity contribution in [1.29, 1.82) is 0 Å². The van der Waals surface area contributed by atoms with Gasteiger partial charge in [0.15, 0.2) is 5.69 Å². The zero-order valence-electron chi connectivity index (χ0n) is 16.6. The Morgan fingerprint density at radius 3 is 2.52 bits per heavy atom. The van der Waals surface area contributed by atoms with E-state index in [0.717, 1.165) is 11.4 Å². The highest BCUT2D eigenvalue weighted by Gasteiger charge is 2.19. The zero-order chi connectivity index (χ0) is 21.1. The molecule has 9 heteroatoms. The predicted octanol–water partition coefficient (Wildman–Crippen LogP) is 2.89. The summed E-state index contributed by atoms with van der Waals surface area (Å²) >= 11 is 0. The number of aryl methyl sites for hydroxylation is 1. The Hall–Kier alpha value is -3.62. The largest absolute Gasteiger partial charge is 0.491 e. The first-order chi connectivity index (χ1) is 13.8. The fourth-order valence-corrected chi connectivity index (χ4v) is 2.82. The maximum Gasteiger partial charge on any atom is 0.339 e. The molecule has 9 nitrogen and oxygen atoms in total. The number of carboxylic acids is 1. The van der Waals surface area contributed by atoms with Gasteiger partial charge < -0.3 is 19.6 Å². The van der Waals surface area contributed by atoms with Gasteiger partial charge in [-0.1, -0.05) is 5.21 Å². The summed E-state index contributed by atoms with van der Waals surface area (Å²) in [5.41, 5.74) is 1.57. The number of ether oxygens (including phenoxy) is 1. The number of furan rings is 1. The molecule has 2 heterocycles. The molecule has 0 aliphatic heterocycles. The van der Waals surface area contributed by atoms with Crippen molar-refractivity contribution in [3.05, 3.63) is 58.8 Å². The minimum absolute atomic E-state index is 0.0422. The van der Waals surface area contributed by atoms with Crippen molar-refractivity contribution in [2.45, 2.75) is 40.3 Å². The first kappa shape index (κ1) is 20.1. The van der Waals surface area contributed by atoms with E-state index in [-0.39, 0.29) is 29.7 Å². The molecule has 2 N–H and O–H groups in total. The molecule has 29 heavy (non-hydrogen) atoms. The van der Waals surface area contributed by atoms with Gasteiger partial charge in [-0.3, -0.25) is 4.79 Å². The van der Waals surface area contributed by atoms with E-state index < -0.39 is 11.9 Å². The average molecular weight is 398 g/mol. The second-order valence-electron chi connectivity index (χ2n) is 6.77. The van der Waals surface area contributed by atoms with Crippen LogP contribution in [0.15, 0.2) is 34.7 Å². The van der Waals surface area contributed by atoms with E-state index in [1.165, 1.54) is 6.07 Å². The van der Waals surface area contributed by atoms with Crippen molar-refractivity contribution in [1.82, 2.24) is 20.3 Å². The summed E-state index contributed by atoms with van der Waals surface area (Å²) in [6, 6.07) is 8.72. The third-order valence-electron chi connectivity index (χ3n) is 4.19. The minimum atomic E-state index is -1.08. The van der Waals surface area contributed by atoms with Crippen molar-refractivity contribution in [3.63, 3.8) is 0 Å². The Kier molecular flexibility index (Phi) is 5.67. The van der Waals surface area contributed by atoms with Crippen LogP contribution in [0, 0.1) is 13.8 Å². The standard InChI is InChI=1S/C20H22N4O5/c1-11(2)28-15-7-5-14(6-8-15)24-12(3)18(22-23-24)19(25)21-10-16-9-17(20(26)27)13(4)29-16/h5-9,11H,10H2,1-4H3,(H,21,25)(H,26,27). The van der Waals surface area contributed by atoms with E-state index in [9.17, 15) is 9.59 Å². The maximum atomic E-state index is 12.5. The molecule has 3 rings (SSSR count). The Bertz CT molecular complexity index is 1030. The van der Waals surface area contributed by atoms with E-state index in [1.54, 1.807) is 18.5 Å². The van der Waals surface area contributed by atoms with Gasteiger partial charge >= 0.3 is 5.97 Å². The molecule has 0 unspecified atom stereocenters. The van der Waals surface area contributed by atoms with Crippen LogP contribution in [0.2, 0.25) is 0 Å². The summed E-state index contributed by atoms with van der Waals surface area (Å²) in [6.07, 6.45) is 0.0776. The zero-order valence-corrected chi connectivity index (χ0v) is 16.6. The molecule has 152 valence electrons. The lowest BCUT2D eigenvalue weighted by molar-refractivity contribution is 0.0694. The molecular formula is C20H22N4O5. The number of benzene rings is 1. The normalized spacial score (nSPS) is 10.9. The summed E-state index contributed by atoms with van der Waals surface area (Å²) in [5.74, 6) is -0.131. The van der Waals surface area contributed by atoms with Gasteiger partial charge in [0.1, 0.15) is 22.8 Å². The van der Waals surface area contributed by atoms with Crippen LogP contribution >= 0.6 is 0 Å². The number of amides is 1. The Balaban J connectivity index is 1.70. The van der Waals surface area contributed by atoms with Gasteiger partial charge in [-0.05, 0) is 58.0 Å². The third kappa shape index (κ3) is 4.45. The lowest BCUT2D eigenvalue weighted by atomic mass is 10.2. The Morgan fingerprint density at radius 1 is 1.24 bits per heavy atom. The summed E-state index contributed by atoms with van der Waals surface area (Å²) in [5, 5.41) is 19.8. The maximum absolute atomic E-state index is 12.5. The van der Waals surface area contributed by atoms with Crippen molar-refractivity contribution in [2.75, 3.05) is 0 Å². The number of carbonyl (C=O) groups excluding carboxylic acids is 1. The lowest BCUT2D eigenvalue weighted by Crippen LogP contribution is -2.24. The molecule has 0 saturated heterocycles. The van der Waals surface area contributed by atoms with Gasteiger partial charge in [-0.2, -0.15) is 0 Å². The second-order valence-corrected chi connectivity index (χ2v) is 6.77. The number of aromatic carboxylic acids is 1. The molecule has 0 spiro atoms. The highest BCUT2D eigenvalue weighted by Crippen LogP contribution is 2.18. The Labute approximate surface area is 167 Å². The van der Waals surface area contributed by atoms with Crippen LogP contribution in [-0.4, -0.2) is 38.1 Å². The van der Waals surface area contributed by atoms with Crippen molar-refractivity contribution < 1.29 is 23.8 Å². The summed E-state index contributed by atoms with van der Waals surface area (Å²) in [4.78, 5) is 23.6. The van der Waals surface area contributed by atoms with E-state index in [0.29, 0.717) is 11.5 Å². The van der Waals surface area contributed by atoms with Crippen molar-refractivity contribution in [2.24, 2.45) is 0 Å². The SMILES string of the molecule is Cc1oc(CNC(=O)c2nnn(-c3ccc(OC(C)C)cc3)c2C)cc1C(=O)O. The third-order valence-corrected chi connectivity index (χ3v) is 4.19. The van der Waals surface area contributed by atoms with Crippen LogP contribution in [-0.2, 0) is 6.54 Å². The molecule has 3 aromatic rings. The number of carboxylic acid groups (broad SMARTS) is 1. The van der Waals surface area contributed by atoms with E-state index in [4.69, 9.17) is 14.3 Å². The molecule has 0 fully saturated rings. The average Bonchev–Trinajstić information content (AvgIpc) is 3.23. The van der Waals surface area contributed by atoms with Crippen LogP contribution in [0.4, 0.5) is 0 Å². The number of nitrogens with zero attached hydrogens (tertiary/aromatic N) is 3. The quantitative estimate of drug-likeness (QED) is 0.628. The fraction of sp³-hybridized carbons (Fsp3) is 0.300. The molecule has 1 amide bonds. The molecule has 2 aromatic heterocycles. The predicted molar refractivity (Wildman–Crippen MR) is 103 cm³/mol.